The maximum Gasteiger partial charge on any atom is 0.187 e. The minimum absolute atomic E-state index is 0.417. The molecular formula is C22H27NO2. The monoisotopic (exact) mass is 337 g/mol. The van der Waals surface area contributed by atoms with Gasteiger partial charge in [-0.05, 0) is 50.5 Å². The Morgan fingerprint density at radius 2 is 2.04 bits per heavy atom. The van der Waals surface area contributed by atoms with Gasteiger partial charge in [-0.15, -0.1) is 13.0 Å². The van der Waals surface area contributed by atoms with Crippen molar-refractivity contribution < 1.29 is 9.47 Å². The molecule has 3 heteroatoms. The number of benzene rings is 1. The Kier molecular flexibility index (Phi) is 7.83. The van der Waals surface area contributed by atoms with Crippen LogP contribution in [0, 0.1) is 18.9 Å². The van der Waals surface area contributed by atoms with Gasteiger partial charge in [-0.3, -0.25) is 0 Å². The van der Waals surface area contributed by atoms with Crippen LogP contribution in [-0.2, 0) is 6.42 Å². The highest BCUT2D eigenvalue weighted by Crippen LogP contribution is 2.35. The number of ether oxygens (including phenoxy) is 2. The van der Waals surface area contributed by atoms with Crippen LogP contribution >= 0.6 is 0 Å². The summed E-state index contributed by atoms with van der Waals surface area (Å²) < 4.78 is 11.6. The lowest BCUT2D eigenvalue weighted by Gasteiger charge is -2.23. The Morgan fingerprint density at radius 1 is 1.36 bits per heavy atom. The molecule has 0 bridgehead atoms. The van der Waals surface area contributed by atoms with Crippen LogP contribution in [-0.4, -0.2) is 12.7 Å². The van der Waals surface area contributed by atoms with E-state index >= 15 is 0 Å². The van der Waals surface area contributed by atoms with Gasteiger partial charge in [0.2, 0.25) is 0 Å². The van der Waals surface area contributed by atoms with E-state index in [-0.39, 0.29) is 0 Å². The largest absolute Gasteiger partial charge is 0.496 e. The molecule has 1 aromatic carbocycles. The summed E-state index contributed by atoms with van der Waals surface area (Å²) >= 11 is 0. The average molecular weight is 337 g/mol. The van der Waals surface area contributed by atoms with Crippen molar-refractivity contribution in [3.05, 3.63) is 53.0 Å². The molecule has 0 radical (unpaired) electrons. The summed E-state index contributed by atoms with van der Waals surface area (Å²) in [5, 5.41) is 0. The number of unbranched alkanes of at least 4 members (excludes halogenated alkanes) is 2. The minimum Gasteiger partial charge on any atom is -0.496 e. The molecule has 1 aromatic rings. The molecular weight excluding hydrogens is 310 g/mol. The van der Waals surface area contributed by atoms with E-state index in [2.05, 4.69) is 24.3 Å². The quantitative estimate of drug-likeness (QED) is 0.251. The summed E-state index contributed by atoms with van der Waals surface area (Å²) in [6.07, 6.45) is 13.2. The Bertz CT molecular complexity index is 715. The van der Waals surface area contributed by atoms with E-state index in [1.165, 1.54) is 18.9 Å². The van der Waals surface area contributed by atoms with Crippen molar-refractivity contribution >= 4 is 6.08 Å². The molecule has 0 N–H and O–H groups in total. The van der Waals surface area contributed by atoms with Crippen molar-refractivity contribution in [1.82, 2.24) is 0 Å². The molecule has 0 unspecified atom stereocenters. The molecule has 132 valence electrons. The highest BCUT2D eigenvalue weighted by Gasteiger charge is 2.20. The van der Waals surface area contributed by atoms with Crippen LogP contribution in [0.5, 0.6) is 11.5 Å². The smallest absolute Gasteiger partial charge is 0.187 e. The van der Waals surface area contributed by atoms with Crippen LogP contribution < -0.4 is 9.47 Å². The van der Waals surface area contributed by atoms with E-state index < -0.39 is 5.60 Å². The predicted octanol–water partition coefficient (Wildman–Crippen LogP) is 5.66. The Balaban J connectivity index is 3.45. The van der Waals surface area contributed by atoms with E-state index in [0.717, 1.165) is 18.4 Å². The third kappa shape index (κ3) is 6.05. The lowest BCUT2D eigenvalue weighted by Crippen LogP contribution is -2.26. The summed E-state index contributed by atoms with van der Waals surface area (Å²) in [4.78, 5) is 3.46. The number of hydrogen-bond donors (Lipinski definition) is 0. The molecule has 0 aliphatic carbocycles. The van der Waals surface area contributed by atoms with Gasteiger partial charge in [-0.25, -0.2) is 4.85 Å². The number of aryl methyl sites for hydroxylation is 1. The minimum atomic E-state index is -0.762. The van der Waals surface area contributed by atoms with Gasteiger partial charge in [0, 0.05) is 5.56 Å². The number of rotatable bonds is 9. The number of hydrogen-bond acceptors (Lipinski definition) is 2. The SMILES string of the molecule is [C-]#[N+]/C(C=C)=C/c1c(OC)cc(CCCCC)cc1OC(C)(C)C#C. The first-order valence-corrected chi connectivity index (χ1v) is 8.50. The average Bonchev–Trinajstić information content (AvgIpc) is 2.60. The molecule has 25 heavy (non-hydrogen) atoms. The molecule has 0 aliphatic heterocycles. The van der Waals surface area contributed by atoms with Gasteiger partial charge in [0.15, 0.2) is 11.3 Å². The lowest BCUT2D eigenvalue weighted by molar-refractivity contribution is 0.171. The molecule has 0 amide bonds. The van der Waals surface area contributed by atoms with E-state index in [9.17, 15) is 0 Å². The maximum absolute atomic E-state index is 7.25. The van der Waals surface area contributed by atoms with E-state index in [4.69, 9.17) is 22.5 Å². The van der Waals surface area contributed by atoms with Crippen LogP contribution in [0.15, 0.2) is 30.5 Å². The van der Waals surface area contributed by atoms with Crippen LogP contribution in [0.4, 0.5) is 0 Å². The normalized spacial score (nSPS) is 11.4. The molecule has 1 rings (SSSR count). The number of nitrogens with zero attached hydrogens (tertiary/aromatic N) is 1. The molecule has 0 aromatic heterocycles. The van der Waals surface area contributed by atoms with E-state index in [1.54, 1.807) is 13.2 Å². The van der Waals surface area contributed by atoms with Crippen molar-refractivity contribution in [3.63, 3.8) is 0 Å². The fraction of sp³-hybridized carbons (Fsp3) is 0.409. The highest BCUT2D eigenvalue weighted by molar-refractivity contribution is 5.69. The van der Waals surface area contributed by atoms with Crippen molar-refractivity contribution in [2.45, 2.75) is 52.1 Å². The zero-order chi connectivity index (χ0) is 18.9. The fourth-order valence-electron chi connectivity index (χ4n) is 2.36. The van der Waals surface area contributed by atoms with E-state index in [0.29, 0.717) is 22.8 Å². The number of allylic oxidation sites excluding steroid dienone is 1. The molecule has 0 spiro atoms. The lowest BCUT2D eigenvalue weighted by atomic mass is 10.0. The topological polar surface area (TPSA) is 22.8 Å². The first-order valence-electron chi connectivity index (χ1n) is 8.50. The molecule has 0 heterocycles. The van der Waals surface area contributed by atoms with Crippen LogP contribution in [0.1, 0.15) is 51.2 Å². The molecule has 0 saturated heterocycles. The Labute approximate surface area is 152 Å². The summed E-state index contributed by atoms with van der Waals surface area (Å²) in [7, 11) is 1.62. The van der Waals surface area contributed by atoms with Crippen molar-refractivity contribution in [1.29, 1.82) is 0 Å². The van der Waals surface area contributed by atoms with Crippen molar-refractivity contribution in [2.75, 3.05) is 7.11 Å². The van der Waals surface area contributed by atoms with Gasteiger partial charge in [0.1, 0.15) is 11.5 Å². The van der Waals surface area contributed by atoms with Gasteiger partial charge in [0.25, 0.3) is 0 Å². The molecule has 0 atom stereocenters. The third-order valence-corrected chi connectivity index (χ3v) is 3.80. The third-order valence-electron chi connectivity index (χ3n) is 3.80. The molecule has 3 nitrogen and oxygen atoms in total. The van der Waals surface area contributed by atoms with Gasteiger partial charge in [-0.2, -0.15) is 0 Å². The zero-order valence-electron chi connectivity index (χ0n) is 15.7. The second-order valence-electron chi connectivity index (χ2n) is 6.31. The summed E-state index contributed by atoms with van der Waals surface area (Å²) in [6, 6.07) is 4.00. The van der Waals surface area contributed by atoms with Crippen molar-refractivity contribution in [3.8, 4) is 23.8 Å². The Morgan fingerprint density at radius 3 is 2.56 bits per heavy atom. The van der Waals surface area contributed by atoms with Gasteiger partial charge in [-0.1, -0.05) is 31.8 Å². The first-order chi connectivity index (χ1) is 11.9. The molecule has 0 fully saturated rings. The zero-order valence-corrected chi connectivity index (χ0v) is 15.7. The summed E-state index contributed by atoms with van der Waals surface area (Å²) in [5.41, 5.74) is 1.49. The molecule has 0 saturated carbocycles. The number of methoxy groups -OCH3 is 1. The predicted molar refractivity (Wildman–Crippen MR) is 105 cm³/mol. The van der Waals surface area contributed by atoms with Crippen molar-refractivity contribution in [2.24, 2.45) is 0 Å². The molecule has 0 aliphatic rings. The van der Waals surface area contributed by atoms with Gasteiger partial charge < -0.3 is 9.47 Å². The van der Waals surface area contributed by atoms with E-state index in [1.807, 2.05) is 26.0 Å². The fourth-order valence-corrected chi connectivity index (χ4v) is 2.36. The maximum atomic E-state index is 7.25. The standard InChI is InChI=1S/C22H27NO2/c1-8-11-12-13-17-14-20(24-7)19(16-18(9-2)23-6)21(15-17)25-22(4,5)10-3/h3,9,14-16H,2,8,11-13H2,1,4-5,7H3/b18-16+. The highest BCUT2D eigenvalue weighted by atomic mass is 16.5. The van der Waals surface area contributed by atoms with Crippen LogP contribution in [0.2, 0.25) is 0 Å². The van der Waals surface area contributed by atoms with Crippen LogP contribution in [0.3, 0.4) is 0 Å². The number of terminal acetylenes is 1. The second kappa shape index (κ2) is 9.60. The van der Waals surface area contributed by atoms with Crippen LogP contribution in [0.25, 0.3) is 10.9 Å². The summed E-state index contributed by atoms with van der Waals surface area (Å²) in [5.74, 6) is 3.93. The first kappa shape index (κ1) is 20.4. The van der Waals surface area contributed by atoms with Gasteiger partial charge in [0.05, 0.1) is 13.7 Å². The second-order valence-corrected chi connectivity index (χ2v) is 6.31. The summed E-state index contributed by atoms with van der Waals surface area (Å²) in [6.45, 7) is 16.8. The Hall–Kier alpha value is -2.65. The van der Waals surface area contributed by atoms with Gasteiger partial charge >= 0.3 is 0 Å².